The Balaban J connectivity index is 4.33. The summed E-state index contributed by atoms with van der Waals surface area (Å²) >= 11 is 4.54. The van der Waals surface area contributed by atoms with E-state index in [-0.39, 0.29) is 5.11 Å². The number of hydrazone groups is 1. The monoisotopic (exact) mass is 188 g/mol. The lowest BCUT2D eigenvalue weighted by molar-refractivity contribution is 0.319. The molecule has 0 aliphatic rings. The lowest BCUT2D eigenvalue weighted by atomic mass is 10.2. The highest BCUT2D eigenvalue weighted by Gasteiger charge is 2.00. The Labute approximate surface area is 76.3 Å². The van der Waals surface area contributed by atoms with Gasteiger partial charge in [-0.3, -0.25) is 5.43 Å². The van der Waals surface area contributed by atoms with Gasteiger partial charge >= 0.3 is 0 Å². The van der Waals surface area contributed by atoms with Gasteiger partial charge in [0.2, 0.25) is 0 Å². The number of nitrogens with two attached hydrogens (primary N) is 1. The summed E-state index contributed by atoms with van der Waals surface area (Å²) in [6, 6.07) is 0. The van der Waals surface area contributed by atoms with Crippen LogP contribution in [-0.4, -0.2) is 21.7 Å². The first-order valence-corrected chi connectivity index (χ1v) is 3.83. The van der Waals surface area contributed by atoms with E-state index in [1.165, 1.54) is 0 Å². The van der Waals surface area contributed by atoms with Gasteiger partial charge in [0.05, 0.1) is 11.4 Å². The molecule has 0 fully saturated rings. The molecule has 6 heteroatoms. The molecular weight excluding hydrogens is 176 g/mol. The molecule has 0 atom stereocenters. The minimum Gasteiger partial charge on any atom is -0.411 e. The average molecular weight is 188 g/mol. The normalized spacial score (nSPS) is 12.8. The van der Waals surface area contributed by atoms with E-state index in [2.05, 4.69) is 27.9 Å². The molecule has 12 heavy (non-hydrogen) atoms. The fourth-order valence-electron chi connectivity index (χ4n) is 0.596. The first kappa shape index (κ1) is 10.8. The molecule has 0 aliphatic carbocycles. The summed E-state index contributed by atoms with van der Waals surface area (Å²) in [5, 5.41) is 15.3. The van der Waals surface area contributed by atoms with Gasteiger partial charge in [-0.05, 0) is 25.6 Å². The van der Waals surface area contributed by atoms with Crippen LogP contribution in [0.1, 0.15) is 20.3 Å². The second-order valence-electron chi connectivity index (χ2n) is 2.07. The summed E-state index contributed by atoms with van der Waals surface area (Å²) in [5.74, 6) is 0. The number of hydrogen-bond acceptors (Lipinski definition) is 4. The van der Waals surface area contributed by atoms with Crippen LogP contribution in [-0.2, 0) is 0 Å². The molecule has 0 unspecified atom stereocenters. The highest BCUT2D eigenvalue weighted by atomic mass is 32.1. The molecule has 0 aromatic rings. The Morgan fingerprint density at radius 3 is 2.58 bits per heavy atom. The molecule has 0 saturated heterocycles. The molecule has 0 bridgehead atoms. The van der Waals surface area contributed by atoms with Crippen LogP contribution >= 0.6 is 12.2 Å². The van der Waals surface area contributed by atoms with Crippen LogP contribution in [0.15, 0.2) is 10.3 Å². The molecule has 0 aromatic carbocycles. The maximum absolute atomic E-state index is 8.42. The minimum atomic E-state index is 0.0895. The second-order valence-corrected chi connectivity index (χ2v) is 2.51. The Morgan fingerprint density at radius 2 is 2.25 bits per heavy atom. The standard InChI is InChI=1S/C6H12N4OS/c1-3-5(4(2)10-11)8-9-6(7)12/h11H,3H2,1-2H3,(H3,7,9,12). The third kappa shape index (κ3) is 3.87. The van der Waals surface area contributed by atoms with Crippen LogP contribution < -0.4 is 11.2 Å². The van der Waals surface area contributed by atoms with E-state index in [0.717, 1.165) is 0 Å². The van der Waals surface area contributed by atoms with E-state index in [9.17, 15) is 0 Å². The topological polar surface area (TPSA) is 83.0 Å². The third-order valence-electron chi connectivity index (χ3n) is 1.20. The van der Waals surface area contributed by atoms with Gasteiger partial charge in [0, 0.05) is 0 Å². The van der Waals surface area contributed by atoms with Crippen LogP contribution in [0.2, 0.25) is 0 Å². The smallest absolute Gasteiger partial charge is 0.184 e. The first-order chi connectivity index (χ1) is 5.61. The van der Waals surface area contributed by atoms with Crippen molar-refractivity contribution in [2.45, 2.75) is 20.3 Å². The van der Waals surface area contributed by atoms with Crippen LogP contribution in [0, 0.1) is 0 Å². The summed E-state index contributed by atoms with van der Waals surface area (Å²) in [6.45, 7) is 3.53. The van der Waals surface area contributed by atoms with Gasteiger partial charge < -0.3 is 10.9 Å². The number of thiocarbonyl (C=S) groups is 1. The zero-order valence-electron chi connectivity index (χ0n) is 7.03. The van der Waals surface area contributed by atoms with Crippen molar-refractivity contribution in [2.24, 2.45) is 16.0 Å². The molecule has 68 valence electrons. The van der Waals surface area contributed by atoms with E-state index < -0.39 is 0 Å². The number of oxime groups is 1. The molecule has 0 aromatic heterocycles. The van der Waals surface area contributed by atoms with E-state index in [0.29, 0.717) is 17.8 Å². The molecule has 0 amide bonds. The number of hydrogen-bond donors (Lipinski definition) is 3. The maximum Gasteiger partial charge on any atom is 0.184 e. The van der Waals surface area contributed by atoms with Crippen molar-refractivity contribution in [1.82, 2.24) is 5.43 Å². The summed E-state index contributed by atoms with van der Waals surface area (Å²) in [7, 11) is 0. The number of rotatable bonds is 3. The number of nitrogens with zero attached hydrogens (tertiary/aromatic N) is 2. The highest BCUT2D eigenvalue weighted by molar-refractivity contribution is 7.80. The summed E-state index contributed by atoms with van der Waals surface area (Å²) in [6.07, 6.45) is 0.644. The molecule has 0 aliphatic heterocycles. The fraction of sp³-hybridized carbons (Fsp3) is 0.500. The van der Waals surface area contributed by atoms with Gasteiger partial charge in [-0.1, -0.05) is 12.1 Å². The van der Waals surface area contributed by atoms with E-state index in [4.69, 9.17) is 10.9 Å². The molecule has 0 spiro atoms. The Kier molecular flexibility index (Phi) is 4.94. The SMILES string of the molecule is CCC(=NNC(N)=S)C(C)=NO. The summed E-state index contributed by atoms with van der Waals surface area (Å²) < 4.78 is 0. The predicted octanol–water partition coefficient (Wildman–Crippen LogP) is 0.436. The molecule has 0 radical (unpaired) electrons. The van der Waals surface area contributed by atoms with Gasteiger partial charge in [-0.15, -0.1) is 0 Å². The fourth-order valence-corrected chi connectivity index (χ4v) is 0.642. The Morgan fingerprint density at radius 1 is 1.67 bits per heavy atom. The zero-order chi connectivity index (χ0) is 9.56. The lowest BCUT2D eigenvalue weighted by Crippen LogP contribution is -2.26. The van der Waals surface area contributed by atoms with Crippen molar-refractivity contribution in [3.8, 4) is 0 Å². The van der Waals surface area contributed by atoms with E-state index in [1.54, 1.807) is 6.92 Å². The molecule has 0 heterocycles. The van der Waals surface area contributed by atoms with E-state index in [1.807, 2.05) is 6.92 Å². The molecule has 4 N–H and O–H groups in total. The van der Waals surface area contributed by atoms with Gasteiger partial charge in [0.15, 0.2) is 5.11 Å². The Hall–Kier alpha value is -1.17. The van der Waals surface area contributed by atoms with Gasteiger partial charge in [-0.2, -0.15) is 5.10 Å². The molecule has 0 saturated carbocycles. The Bertz CT molecular complexity index is 224. The van der Waals surface area contributed by atoms with Gasteiger partial charge in [0.25, 0.3) is 0 Å². The molecule has 5 nitrogen and oxygen atoms in total. The quantitative estimate of drug-likeness (QED) is 0.260. The number of nitrogens with one attached hydrogen (secondary N) is 1. The van der Waals surface area contributed by atoms with Gasteiger partial charge in [0.1, 0.15) is 0 Å². The van der Waals surface area contributed by atoms with Crippen molar-refractivity contribution < 1.29 is 5.21 Å². The van der Waals surface area contributed by atoms with Crippen molar-refractivity contribution in [2.75, 3.05) is 0 Å². The van der Waals surface area contributed by atoms with Crippen LogP contribution in [0.4, 0.5) is 0 Å². The van der Waals surface area contributed by atoms with Crippen molar-refractivity contribution in [3.63, 3.8) is 0 Å². The average Bonchev–Trinajstić information content (AvgIpc) is 2.04. The van der Waals surface area contributed by atoms with Crippen molar-refractivity contribution >= 4 is 28.8 Å². The second kappa shape index (κ2) is 5.48. The summed E-state index contributed by atoms with van der Waals surface area (Å²) in [4.78, 5) is 0. The molecular formula is C6H12N4OS. The van der Waals surface area contributed by atoms with Crippen molar-refractivity contribution in [1.29, 1.82) is 0 Å². The van der Waals surface area contributed by atoms with Gasteiger partial charge in [-0.25, -0.2) is 0 Å². The highest BCUT2D eigenvalue weighted by Crippen LogP contribution is 1.88. The summed E-state index contributed by atoms with van der Waals surface area (Å²) in [5.41, 5.74) is 8.63. The van der Waals surface area contributed by atoms with Crippen LogP contribution in [0.3, 0.4) is 0 Å². The third-order valence-corrected chi connectivity index (χ3v) is 1.29. The minimum absolute atomic E-state index is 0.0895. The first-order valence-electron chi connectivity index (χ1n) is 3.42. The molecule has 0 rings (SSSR count). The predicted molar refractivity (Wildman–Crippen MR) is 52.5 cm³/mol. The van der Waals surface area contributed by atoms with Crippen LogP contribution in [0.5, 0.6) is 0 Å². The largest absolute Gasteiger partial charge is 0.411 e. The zero-order valence-corrected chi connectivity index (χ0v) is 7.85. The van der Waals surface area contributed by atoms with Crippen molar-refractivity contribution in [3.05, 3.63) is 0 Å². The maximum atomic E-state index is 8.42. The van der Waals surface area contributed by atoms with Crippen LogP contribution in [0.25, 0.3) is 0 Å². The van der Waals surface area contributed by atoms with E-state index >= 15 is 0 Å². The lowest BCUT2D eigenvalue weighted by Gasteiger charge is -2.01.